The first-order valence-corrected chi connectivity index (χ1v) is 9.72. The summed E-state index contributed by atoms with van der Waals surface area (Å²) in [5, 5.41) is 7.05. The maximum Gasteiger partial charge on any atom is 0.290 e. The second-order valence-corrected chi connectivity index (χ2v) is 8.53. The van der Waals surface area contributed by atoms with Gasteiger partial charge in [0.05, 0.1) is 23.6 Å². The largest absolute Gasteiger partial charge is 0.351 e. The van der Waals surface area contributed by atoms with E-state index < -0.39 is 0 Å². The highest BCUT2D eigenvalue weighted by Crippen LogP contribution is 2.40. The molecule has 29 heavy (non-hydrogen) atoms. The minimum atomic E-state index is -0.281. The molecule has 0 saturated carbocycles. The van der Waals surface area contributed by atoms with Crippen molar-refractivity contribution < 1.29 is 9.32 Å². The van der Waals surface area contributed by atoms with E-state index in [1.807, 2.05) is 13.8 Å². The Hall–Kier alpha value is -3.16. The van der Waals surface area contributed by atoms with Gasteiger partial charge in [-0.15, -0.1) is 0 Å². The van der Waals surface area contributed by atoms with Crippen LogP contribution in [0.3, 0.4) is 0 Å². The quantitative estimate of drug-likeness (QED) is 0.724. The number of rotatable bonds is 4. The summed E-state index contributed by atoms with van der Waals surface area (Å²) in [6.07, 6.45) is 8.24. The van der Waals surface area contributed by atoms with Crippen LogP contribution >= 0.6 is 0 Å². The van der Waals surface area contributed by atoms with Gasteiger partial charge in [-0.1, -0.05) is 32.9 Å². The van der Waals surface area contributed by atoms with Crippen LogP contribution in [0, 0.1) is 5.41 Å². The second-order valence-electron chi connectivity index (χ2n) is 8.53. The van der Waals surface area contributed by atoms with Gasteiger partial charge in [0.1, 0.15) is 5.69 Å². The maximum absolute atomic E-state index is 12.8. The molecule has 4 rings (SSSR count). The van der Waals surface area contributed by atoms with E-state index in [-0.39, 0.29) is 29.0 Å². The number of aromatic nitrogens is 5. The lowest BCUT2D eigenvalue weighted by Gasteiger charge is -2.36. The SMILES string of the molecule is CC(C)c1cc(C(=O)N[C@@H]2CC(C)(C)Cc3nc(-c4cnccn4)ncc32)on1. The van der Waals surface area contributed by atoms with Crippen molar-refractivity contribution in [3.8, 4) is 11.5 Å². The maximum atomic E-state index is 12.8. The number of carbonyl (C=O) groups excluding carboxylic acids is 1. The van der Waals surface area contributed by atoms with Crippen LogP contribution in [0.2, 0.25) is 0 Å². The standard InChI is InChI=1S/C21H24N6O2/c1-12(2)14-7-18(29-27-14)20(28)26-16-9-21(3,4)8-15-13(16)10-24-19(25-15)17-11-22-5-6-23-17/h5-7,10-12,16H,8-9H2,1-4H3,(H,26,28)/t16-/m1/s1. The summed E-state index contributed by atoms with van der Waals surface area (Å²) < 4.78 is 5.24. The number of nitrogens with zero attached hydrogens (tertiary/aromatic N) is 5. The third-order valence-corrected chi connectivity index (χ3v) is 5.12. The van der Waals surface area contributed by atoms with Gasteiger partial charge in [-0.3, -0.25) is 9.78 Å². The molecule has 8 heteroatoms. The van der Waals surface area contributed by atoms with Crippen molar-refractivity contribution >= 4 is 5.91 Å². The minimum Gasteiger partial charge on any atom is -0.351 e. The van der Waals surface area contributed by atoms with Crippen LogP contribution in [0.5, 0.6) is 0 Å². The highest BCUT2D eigenvalue weighted by Gasteiger charge is 2.35. The number of hydrogen-bond donors (Lipinski definition) is 1. The Morgan fingerprint density at radius 1 is 1.24 bits per heavy atom. The van der Waals surface area contributed by atoms with Crippen molar-refractivity contribution in [2.75, 3.05) is 0 Å². The molecule has 0 saturated heterocycles. The molecular weight excluding hydrogens is 368 g/mol. The molecule has 0 bridgehead atoms. The first-order chi connectivity index (χ1) is 13.8. The molecule has 0 aliphatic heterocycles. The molecule has 0 spiro atoms. The molecule has 1 aliphatic carbocycles. The van der Waals surface area contributed by atoms with Gasteiger partial charge in [0.2, 0.25) is 5.76 Å². The molecule has 3 aromatic heterocycles. The van der Waals surface area contributed by atoms with E-state index in [2.05, 4.69) is 39.3 Å². The van der Waals surface area contributed by atoms with Gasteiger partial charge in [-0.25, -0.2) is 15.0 Å². The average Bonchev–Trinajstić information content (AvgIpc) is 3.18. The zero-order valence-corrected chi connectivity index (χ0v) is 17.0. The summed E-state index contributed by atoms with van der Waals surface area (Å²) in [5.41, 5.74) is 3.21. The van der Waals surface area contributed by atoms with E-state index >= 15 is 0 Å². The molecule has 3 heterocycles. The van der Waals surface area contributed by atoms with Crippen molar-refractivity contribution in [1.29, 1.82) is 0 Å². The van der Waals surface area contributed by atoms with Gasteiger partial charge in [0, 0.05) is 30.2 Å². The fourth-order valence-electron chi connectivity index (χ4n) is 3.61. The van der Waals surface area contributed by atoms with Gasteiger partial charge < -0.3 is 9.84 Å². The van der Waals surface area contributed by atoms with Crippen LogP contribution in [-0.4, -0.2) is 31.0 Å². The van der Waals surface area contributed by atoms with Gasteiger partial charge in [-0.05, 0) is 24.2 Å². The molecule has 1 aliphatic rings. The summed E-state index contributed by atoms with van der Waals surface area (Å²) in [5.74, 6) is 0.672. The summed E-state index contributed by atoms with van der Waals surface area (Å²) in [6, 6.07) is 1.49. The zero-order valence-electron chi connectivity index (χ0n) is 17.0. The van der Waals surface area contributed by atoms with E-state index in [1.54, 1.807) is 30.9 Å². The van der Waals surface area contributed by atoms with E-state index in [0.29, 0.717) is 11.5 Å². The van der Waals surface area contributed by atoms with Crippen molar-refractivity contribution in [2.45, 2.75) is 52.5 Å². The molecule has 0 aromatic carbocycles. The molecule has 3 aromatic rings. The number of amides is 1. The Morgan fingerprint density at radius 3 is 2.76 bits per heavy atom. The van der Waals surface area contributed by atoms with Crippen LogP contribution in [-0.2, 0) is 6.42 Å². The van der Waals surface area contributed by atoms with Crippen molar-refractivity contribution in [2.24, 2.45) is 5.41 Å². The predicted molar refractivity (Wildman–Crippen MR) is 106 cm³/mol. The molecule has 8 nitrogen and oxygen atoms in total. The molecule has 0 radical (unpaired) electrons. The molecule has 150 valence electrons. The average molecular weight is 392 g/mol. The molecule has 0 unspecified atom stereocenters. The minimum absolute atomic E-state index is 0.0244. The van der Waals surface area contributed by atoms with Gasteiger partial charge >= 0.3 is 0 Å². The Morgan fingerprint density at radius 2 is 2.07 bits per heavy atom. The Balaban J connectivity index is 1.62. The summed E-state index contributed by atoms with van der Waals surface area (Å²) in [7, 11) is 0. The van der Waals surface area contributed by atoms with Crippen LogP contribution in [0.4, 0.5) is 0 Å². The number of hydrogen-bond acceptors (Lipinski definition) is 7. The van der Waals surface area contributed by atoms with Crippen molar-refractivity contribution in [3.05, 3.63) is 53.6 Å². The molecule has 1 atom stereocenters. The normalized spacial score (nSPS) is 17.8. The molecule has 0 fully saturated rings. The van der Waals surface area contributed by atoms with E-state index in [0.717, 1.165) is 29.8 Å². The Bertz CT molecular complexity index is 1030. The van der Waals surface area contributed by atoms with Crippen LogP contribution < -0.4 is 5.32 Å². The molecule has 1 N–H and O–H groups in total. The van der Waals surface area contributed by atoms with Crippen LogP contribution in [0.25, 0.3) is 11.5 Å². The number of carbonyl (C=O) groups is 1. The highest BCUT2D eigenvalue weighted by atomic mass is 16.5. The lowest BCUT2D eigenvalue weighted by atomic mass is 9.74. The predicted octanol–water partition coefficient (Wildman–Crippen LogP) is 3.49. The monoisotopic (exact) mass is 392 g/mol. The smallest absolute Gasteiger partial charge is 0.290 e. The van der Waals surface area contributed by atoms with E-state index in [4.69, 9.17) is 9.51 Å². The first kappa shape index (κ1) is 19.2. The van der Waals surface area contributed by atoms with E-state index in [9.17, 15) is 4.79 Å². The summed E-state index contributed by atoms with van der Waals surface area (Å²) in [6.45, 7) is 8.35. The fourth-order valence-corrected chi connectivity index (χ4v) is 3.61. The summed E-state index contributed by atoms with van der Waals surface area (Å²) in [4.78, 5) is 30.3. The van der Waals surface area contributed by atoms with Gasteiger partial charge in [0.25, 0.3) is 5.91 Å². The highest BCUT2D eigenvalue weighted by molar-refractivity contribution is 5.91. The third-order valence-electron chi connectivity index (χ3n) is 5.12. The topological polar surface area (TPSA) is 107 Å². The van der Waals surface area contributed by atoms with Crippen molar-refractivity contribution in [3.63, 3.8) is 0 Å². The summed E-state index contributed by atoms with van der Waals surface area (Å²) >= 11 is 0. The zero-order chi connectivity index (χ0) is 20.6. The molecular formula is C21H24N6O2. The van der Waals surface area contributed by atoms with E-state index in [1.165, 1.54) is 0 Å². The van der Waals surface area contributed by atoms with Gasteiger partial charge in [-0.2, -0.15) is 0 Å². The Labute approximate surface area is 169 Å². The third kappa shape index (κ3) is 4.01. The second kappa shape index (κ2) is 7.35. The first-order valence-electron chi connectivity index (χ1n) is 9.72. The number of nitrogens with one attached hydrogen (secondary N) is 1. The lowest BCUT2D eigenvalue weighted by Crippen LogP contribution is -2.37. The van der Waals surface area contributed by atoms with Gasteiger partial charge in [0.15, 0.2) is 5.82 Å². The lowest BCUT2D eigenvalue weighted by molar-refractivity contribution is 0.0881. The number of fused-ring (bicyclic) bond motifs is 1. The fraction of sp³-hybridized carbons (Fsp3) is 0.429. The van der Waals surface area contributed by atoms with Crippen molar-refractivity contribution in [1.82, 2.24) is 30.4 Å². The Kier molecular flexibility index (Phi) is 4.86. The van der Waals surface area contributed by atoms with Crippen LogP contribution in [0.15, 0.2) is 35.4 Å². The van der Waals surface area contributed by atoms with Crippen LogP contribution in [0.1, 0.15) is 73.6 Å². The molecule has 1 amide bonds.